The van der Waals surface area contributed by atoms with Crippen LogP contribution in [0.15, 0.2) is 18.2 Å². The number of hydrogen-bond donors (Lipinski definition) is 0. The molecule has 3 atom stereocenters. The lowest BCUT2D eigenvalue weighted by Gasteiger charge is -2.35. The van der Waals surface area contributed by atoms with Gasteiger partial charge in [-0.1, -0.05) is 44.4 Å². The van der Waals surface area contributed by atoms with Gasteiger partial charge in [0.2, 0.25) is 0 Å². The first kappa shape index (κ1) is 20.1. The van der Waals surface area contributed by atoms with Crippen LogP contribution < -0.4 is 0 Å². The zero-order valence-electron chi connectivity index (χ0n) is 16.0. The number of rotatable bonds is 9. The molecule has 0 spiro atoms. The third-order valence-corrected chi connectivity index (χ3v) is 4.86. The molecule has 0 N–H and O–H groups in total. The lowest BCUT2D eigenvalue weighted by atomic mass is 10.0. The molecule has 2 rings (SSSR count). The zero-order valence-corrected chi connectivity index (χ0v) is 16.0. The van der Waals surface area contributed by atoms with Gasteiger partial charge in [0.05, 0.1) is 13.2 Å². The van der Waals surface area contributed by atoms with Crippen LogP contribution in [0, 0.1) is 13.8 Å². The minimum Gasteiger partial charge on any atom is -0.368 e. The number of aryl methyl sites for hydroxylation is 2. The highest BCUT2D eigenvalue weighted by Crippen LogP contribution is 2.23. The molecule has 0 amide bonds. The van der Waals surface area contributed by atoms with E-state index in [9.17, 15) is 4.79 Å². The number of carbonyl (C=O) groups excluding carboxylic acids is 1. The van der Waals surface area contributed by atoms with Gasteiger partial charge in [0, 0.05) is 0 Å². The number of hydrogen-bond acceptors (Lipinski definition) is 4. The summed E-state index contributed by atoms with van der Waals surface area (Å²) in [7, 11) is 0. The van der Waals surface area contributed by atoms with Gasteiger partial charge in [-0.05, 0) is 50.3 Å². The van der Waals surface area contributed by atoms with E-state index in [2.05, 4.69) is 32.9 Å². The highest BCUT2D eigenvalue weighted by Gasteiger charge is 2.35. The third kappa shape index (κ3) is 5.91. The monoisotopic (exact) mass is 348 g/mol. The van der Waals surface area contributed by atoms with Crippen molar-refractivity contribution in [3.8, 4) is 0 Å². The van der Waals surface area contributed by atoms with E-state index in [1.54, 1.807) is 6.92 Å². The van der Waals surface area contributed by atoms with Crippen molar-refractivity contribution in [3.05, 3.63) is 34.9 Å². The van der Waals surface area contributed by atoms with Crippen molar-refractivity contribution < 1.29 is 19.0 Å². The lowest BCUT2D eigenvalue weighted by Crippen LogP contribution is -2.48. The molecule has 0 unspecified atom stereocenters. The number of carbonyl (C=O) groups is 1. The number of benzene rings is 1. The van der Waals surface area contributed by atoms with Gasteiger partial charge < -0.3 is 14.2 Å². The third-order valence-electron chi connectivity index (χ3n) is 4.86. The van der Waals surface area contributed by atoms with E-state index in [4.69, 9.17) is 14.2 Å². The molecule has 0 radical (unpaired) electrons. The molecule has 1 fully saturated rings. The van der Waals surface area contributed by atoms with Crippen molar-refractivity contribution >= 4 is 5.78 Å². The van der Waals surface area contributed by atoms with E-state index in [1.807, 2.05) is 6.07 Å². The molecule has 4 nitrogen and oxygen atoms in total. The van der Waals surface area contributed by atoms with Crippen LogP contribution in [0.2, 0.25) is 0 Å². The molecule has 1 aliphatic rings. The van der Waals surface area contributed by atoms with Crippen molar-refractivity contribution in [2.75, 3.05) is 6.61 Å². The number of ketones is 1. The molecule has 1 aromatic carbocycles. The van der Waals surface area contributed by atoms with E-state index in [-0.39, 0.29) is 18.2 Å². The van der Waals surface area contributed by atoms with Crippen LogP contribution in [0.4, 0.5) is 0 Å². The van der Waals surface area contributed by atoms with E-state index < -0.39 is 6.10 Å². The van der Waals surface area contributed by atoms with Crippen LogP contribution in [0.1, 0.15) is 62.6 Å². The molecule has 1 heterocycles. The van der Waals surface area contributed by atoms with E-state index in [0.29, 0.717) is 13.2 Å². The zero-order chi connectivity index (χ0) is 18.2. The van der Waals surface area contributed by atoms with Crippen molar-refractivity contribution in [1.82, 2.24) is 0 Å². The quantitative estimate of drug-likeness (QED) is 0.617. The summed E-state index contributed by atoms with van der Waals surface area (Å²) in [5.74, 6) is 0.00774. The summed E-state index contributed by atoms with van der Waals surface area (Å²) in [6, 6.07) is 6.20. The highest BCUT2D eigenvalue weighted by molar-refractivity contribution is 5.81. The van der Waals surface area contributed by atoms with Gasteiger partial charge in [0.1, 0.15) is 12.2 Å². The van der Waals surface area contributed by atoms with Crippen LogP contribution in [-0.2, 0) is 25.6 Å². The summed E-state index contributed by atoms with van der Waals surface area (Å²) in [4.78, 5) is 12.0. The van der Waals surface area contributed by atoms with Crippen LogP contribution in [0.5, 0.6) is 0 Å². The van der Waals surface area contributed by atoms with Crippen LogP contribution in [-0.4, -0.2) is 30.9 Å². The first-order valence-electron chi connectivity index (χ1n) is 9.47. The Labute approximate surface area is 151 Å². The Morgan fingerprint density at radius 2 is 1.92 bits per heavy atom. The van der Waals surface area contributed by atoms with Gasteiger partial charge in [-0.2, -0.15) is 0 Å². The Hall–Kier alpha value is -1.23. The minimum absolute atomic E-state index is 0.00774. The van der Waals surface area contributed by atoms with Gasteiger partial charge in [0.25, 0.3) is 0 Å². The number of ether oxygens (including phenoxy) is 3. The van der Waals surface area contributed by atoms with E-state index in [1.165, 1.54) is 36.0 Å². The summed E-state index contributed by atoms with van der Waals surface area (Å²) >= 11 is 0. The minimum atomic E-state index is -0.533. The fourth-order valence-corrected chi connectivity index (χ4v) is 3.23. The molecule has 140 valence electrons. The van der Waals surface area contributed by atoms with Gasteiger partial charge in [-0.3, -0.25) is 4.79 Å². The molecule has 0 saturated carbocycles. The summed E-state index contributed by atoms with van der Waals surface area (Å²) in [5, 5.41) is 0. The Morgan fingerprint density at radius 3 is 2.56 bits per heavy atom. The van der Waals surface area contributed by atoms with Gasteiger partial charge in [-0.15, -0.1) is 0 Å². The summed E-state index contributed by atoms with van der Waals surface area (Å²) < 4.78 is 17.7. The normalized spacial score (nSPS) is 23.6. The predicted octanol–water partition coefficient (Wildman–Crippen LogP) is 4.49. The van der Waals surface area contributed by atoms with Crippen molar-refractivity contribution in [1.29, 1.82) is 0 Å². The van der Waals surface area contributed by atoms with E-state index in [0.717, 1.165) is 12.8 Å². The van der Waals surface area contributed by atoms with Crippen LogP contribution >= 0.6 is 0 Å². The summed E-state index contributed by atoms with van der Waals surface area (Å²) in [5.41, 5.74) is 3.57. The standard InChI is InChI=1S/C21H32O4/c1-5-6-7-8-12-20-24-14-19(21(25-20)17(4)22)23-13-18-15(2)10-9-11-16(18)3/h9-11,19-21H,5-8,12-14H2,1-4H3/t19-,20+,21-/m1/s1. The van der Waals surface area contributed by atoms with E-state index >= 15 is 0 Å². The molecule has 0 aromatic heterocycles. The molecule has 0 bridgehead atoms. The Morgan fingerprint density at radius 1 is 1.20 bits per heavy atom. The lowest BCUT2D eigenvalue weighted by molar-refractivity contribution is -0.258. The fourth-order valence-electron chi connectivity index (χ4n) is 3.23. The Bertz CT molecular complexity index is 535. The first-order valence-corrected chi connectivity index (χ1v) is 9.47. The van der Waals surface area contributed by atoms with Gasteiger partial charge in [-0.25, -0.2) is 0 Å². The van der Waals surface area contributed by atoms with Gasteiger partial charge in [0.15, 0.2) is 12.1 Å². The molecule has 25 heavy (non-hydrogen) atoms. The molecule has 1 aliphatic heterocycles. The molecular formula is C21H32O4. The van der Waals surface area contributed by atoms with Crippen LogP contribution in [0.3, 0.4) is 0 Å². The maximum atomic E-state index is 12.0. The number of unbranched alkanes of at least 4 members (excludes halogenated alkanes) is 3. The predicted molar refractivity (Wildman–Crippen MR) is 98.5 cm³/mol. The molecular weight excluding hydrogens is 316 g/mol. The highest BCUT2D eigenvalue weighted by atomic mass is 16.7. The molecule has 4 heteroatoms. The second-order valence-electron chi connectivity index (χ2n) is 7.00. The SMILES string of the molecule is CCCCCC[C@H]1OC[C@@H](OCc2c(C)cccc2C)[C@@H](C(C)=O)O1. The van der Waals surface area contributed by atoms with Crippen molar-refractivity contribution in [3.63, 3.8) is 0 Å². The second kappa shape index (κ2) is 10.0. The largest absolute Gasteiger partial charge is 0.368 e. The summed E-state index contributed by atoms with van der Waals surface area (Å²) in [6.07, 6.45) is 4.35. The average Bonchev–Trinajstić information content (AvgIpc) is 2.59. The number of Topliss-reactive ketones (excluding diaryl/α,β-unsaturated/α-hetero) is 1. The average molecular weight is 348 g/mol. The van der Waals surface area contributed by atoms with Crippen molar-refractivity contribution in [2.24, 2.45) is 0 Å². The topological polar surface area (TPSA) is 44.8 Å². The maximum absolute atomic E-state index is 12.0. The summed E-state index contributed by atoms with van der Waals surface area (Å²) in [6.45, 7) is 8.80. The molecule has 1 aromatic rings. The van der Waals surface area contributed by atoms with Crippen LogP contribution in [0.25, 0.3) is 0 Å². The van der Waals surface area contributed by atoms with Crippen molar-refractivity contribution in [2.45, 2.75) is 84.9 Å². The Kier molecular flexibility index (Phi) is 8.07. The first-order chi connectivity index (χ1) is 12.0. The maximum Gasteiger partial charge on any atom is 0.161 e. The fraction of sp³-hybridized carbons (Fsp3) is 0.667. The smallest absolute Gasteiger partial charge is 0.161 e. The molecule has 1 saturated heterocycles. The van der Waals surface area contributed by atoms with Gasteiger partial charge >= 0.3 is 0 Å². The molecule has 0 aliphatic carbocycles. The second-order valence-corrected chi connectivity index (χ2v) is 7.00. The Balaban J connectivity index is 1.89.